The largest absolute Gasteiger partial charge is 0.462 e. The highest BCUT2D eigenvalue weighted by Crippen LogP contribution is 2.13. The van der Waals surface area contributed by atoms with Crippen molar-refractivity contribution in [1.29, 1.82) is 0 Å². The number of carbonyl (C=O) groups excluding carboxylic acids is 3. The molecule has 0 spiro atoms. The van der Waals surface area contributed by atoms with E-state index in [9.17, 15) is 14.4 Å². The zero-order valence-corrected chi connectivity index (χ0v) is 40.9. The van der Waals surface area contributed by atoms with E-state index in [1.54, 1.807) is 0 Å². The molecule has 0 aliphatic carbocycles. The van der Waals surface area contributed by atoms with Crippen molar-refractivity contribution < 1.29 is 28.6 Å². The van der Waals surface area contributed by atoms with E-state index in [1.165, 1.54) is 83.5 Å². The topological polar surface area (TPSA) is 78.9 Å². The number of unbranched alkanes of at least 4 members (excludes halogenated alkanes) is 23. The van der Waals surface area contributed by atoms with Crippen molar-refractivity contribution in [2.75, 3.05) is 13.2 Å². The highest BCUT2D eigenvalue weighted by atomic mass is 16.6. The van der Waals surface area contributed by atoms with Crippen molar-refractivity contribution in [3.8, 4) is 11.8 Å². The van der Waals surface area contributed by atoms with Gasteiger partial charge in [0.1, 0.15) is 13.2 Å². The summed E-state index contributed by atoms with van der Waals surface area (Å²) in [5, 5.41) is 0. The molecule has 0 aromatic heterocycles. The van der Waals surface area contributed by atoms with Gasteiger partial charge in [-0.3, -0.25) is 14.4 Å². The average Bonchev–Trinajstić information content (AvgIpc) is 3.28. The van der Waals surface area contributed by atoms with Crippen LogP contribution >= 0.6 is 0 Å². The Morgan fingerprint density at radius 1 is 0.429 bits per heavy atom. The van der Waals surface area contributed by atoms with Crippen molar-refractivity contribution in [3.63, 3.8) is 0 Å². The molecule has 0 radical (unpaired) electrons. The van der Waals surface area contributed by atoms with E-state index in [1.807, 2.05) is 6.08 Å². The maximum atomic E-state index is 12.8. The van der Waals surface area contributed by atoms with Gasteiger partial charge in [-0.05, 0) is 102 Å². The van der Waals surface area contributed by atoms with Gasteiger partial charge in [0.25, 0.3) is 0 Å². The van der Waals surface area contributed by atoms with Gasteiger partial charge in [-0.2, -0.15) is 0 Å². The minimum atomic E-state index is -0.811. The van der Waals surface area contributed by atoms with E-state index < -0.39 is 6.10 Å². The first-order valence-corrected chi connectivity index (χ1v) is 25.9. The zero-order valence-electron chi connectivity index (χ0n) is 40.9. The summed E-state index contributed by atoms with van der Waals surface area (Å²) in [6, 6.07) is 0. The normalized spacial score (nSPS) is 12.4. The Morgan fingerprint density at radius 3 is 1.43 bits per heavy atom. The molecule has 0 aromatic rings. The van der Waals surface area contributed by atoms with Crippen LogP contribution in [0.5, 0.6) is 0 Å². The molecular formula is C57H94O6. The molecule has 1 unspecified atom stereocenters. The summed E-state index contributed by atoms with van der Waals surface area (Å²) < 4.78 is 16.7. The number of hydrogen-bond acceptors (Lipinski definition) is 6. The summed E-state index contributed by atoms with van der Waals surface area (Å²) >= 11 is 0. The van der Waals surface area contributed by atoms with Crippen molar-refractivity contribution >= 4 is 17.9 Å². The Balaban J connectivity index is 4.50. The smallest absolute Gasteiger partial charge is 0.306 e. The van der Waals surface area contributed by atoms with Crippen LogP contribution in [0, 0.1) is 11.8 Å². The fraction of sp³-hybridized carbons (Fsp3) is 0.702. The molecule has 0 saturated carbocycles. The summed E-state index contributed by atoms with van der Waals surface area (Å²) in [6.07, 6.45) is 60.4. The minimum absolute atomic E-state index is 0.106. The van der Waals surface area contributed by atoms with E-state index in [0.717, 1.165) is 109 Å². The first-order valence-electron chi connectivity index (χ1n) is 25.9. The number of rotatable bonds is 44. The van der Waals surface area contributed by atoms with Crippen molar-refractivity contribution in [2.24, 2.45) is 0 Å². The van der Waals surface area contributed by atoms with Gasteiger partial charge in [0.2, 0.25) is 0 Å². The summed E-state index contributed by atoms with van der Waals surface area (Å²) in [5.41, 5.74) is 0. The second-order valence-electron chi connectivity index (χ2n) is 16.9. The van der Waals surface area contributed by atoms with Crippen LogP contribution < -0.4 is 0 Å². The number of allylic oxidation sites excluding steroid dienone is 12. The van der Waals surface area contributed by atoms with Gasteiger partial charge in [-0.25, -0.2) is 0 Å². The molecule has 0 fully saturated rings. The third-order valence-electron chi connectivity index (χ3n) is 10.8. The van der Waals surface area contributed by atoms with Crippen LogP contribution in [0.25, 0.3) is 0 Å². The average molecular weight is 875 g/mol. The molecule has 0 rings (SSSR count). The third kappa shape index (κ3) is 49.3. The molecule has 0 aliphatic rings. The Hall–Kier alpha value is -3.59. The summed E-state index contributed by atoms with van der Waals surface area (Å²) in [7, 11) is 0. The lowest BCUT2D eigenvalue weighted by molar-refractivity contribution is -0.167. The SMILES string of the molecule is CC/C=C\C/C=C\C=C\CCCCCCCCC(=O)OCC(COC(=O)CCCCCCC/C=C\CCCCCCCC)OC(=O)CCCCCC=CC#CC/C=C\CCCCC. The molecule has 0 aromatic carbocycles. The third-order valence-corrected chi connectivity index (χ3v) is 10.8. The molecule has 1 atom stereocenters. The fourth-order valence-electron chi connectivity index (χ4n) is 6.87. The summed E-state index contributed by atoms with van der Waals surface area (Å²) in [6.45, 7) is 6.41. The van der Waals surface area contributed by atoms with Crippen LogP contribution in [0.3, 0.4) is 0 Å². The maximum Gasteiger partial charge on any atom is 0.306 e. The molecule has 6 heteroatoms. The number of esters is 3. The van der Waals surface area contributed by atoms with Gasteiger partial charge in [-0.15, -0.1) is 0 Å². The van der Waals surface area contributed by atoms with Crippen LogP contribution in [0.15, 0.2) is 72.9 Å². The lowest BCUT2D eigenvalue weighted by atomic mass is 10.1. The molecule has 0 amide bonds. The van der Waals surface area contributed by atoms with E-state index in [2.05, 4.69) is 99.4 Å². The van der Waals surface area contributed by atoms with Gasteiger partial charge in [0, 0.05) is 25.7 Å². The zero-order chi connectivity index (χ0) is 45.8. The quantitative estimate of drug-likeness (QED) is 0.0152. The van der Waals surface area contributed by atoms with Gasteiger partial charge >= 0.3 is 17.9 Å². The first kappa shape index (κ1) is 59.4. The molecule has 63 heavy (non-hydrogen) atoms. The molecule has 0 N–H and O–H groups in total. The van der Waals surface area contributed by atoms with Crippen LogP contribution in [-0.2, 0) is 28.6 Å². The highest BCUT2D eigenvalue weighted by Gasteiger charge is 2.19. The second kappa shape index (κ2) is 51.0. The Bertz CT molecular complexity index is 1290. The molecule has 358 valence electrons. The molecule has 6 nitrogen and oxygen atoms in total. The lowest BCUT2D eigenvalue weighted by Gasteiger charge is -2.18. The van der Waals surface area contributed by atoms with E-state index in [0.29, 0.717) is 19.3 Å². The van der Waals surface area contributed by atoms with E-state index in [4.69, 9.17) is 14.2 Å². The minimum Gasteiger partial charge on any atom is -0.462 e. The predicted molar refractivity (Wildman–Crippen MR) is 268 cm³/mol. The van der Waals surface area contributed by atoms with Gasteiger partial charge < -0.3 is 14.2 Å². The van der Waals surface area contributed by atoms with E-state index >= 15 is 0 Å². The molecular weight excluding hydrogens is 781 g/mol. The Labute approximate surface area is 388 Å². The predicted octanol–water partition coefficient (Wildman–Crippen LogP) is 16.6. The molecule has 0 saturated heterocycles. The highest BCUT2D eigenvalue weighted by molar-refractivity contribution is 5.71. The summed E-state index contributed by atoms with van der Waals surface area (Å²) in [5.74, 6) is 5.27. The standard InChI is InChI=1S/C57H94O6/c1-4-7-10-13-16-19-22-25-28-31-34-37-40-43-46-49-55(58)61-52-54(63-57(60)51-48-45-42-39-36-33-30-27-24-21-18-15-12-9-6-3)53-62-56(59)50-47-44-41-38-35-32-29-26-23-20-17-14-11-8-5-2/h7,10,16,18-19,21-22,25-26,29,33,36,54H,4-6,8-9,11-15,17,20,23-24,28,31-32,34-35,37-53H2,1-3H3/b10-7-,19-16-,21-18-,25-22+,29-26-,36-33?. The lowest BCUT2D eigenvalue weighted by Crippen LogP contribution is -2.30. The van der Waals surface area contributed by atoms with Gasteiger partial charge in [0.15, 0.2) is 6.10 Å². The number of hydrogen-bond donors (Lipinski definition) is 0. The maximum absolute atomic E-state index is 12.8. The molecule has 0 heterocycles. The fourth-order valence-corrected chi connectivity index (χ4v) is 6.87. The van der Waals surface area contributed by atoms with Crippen molar-refractivity contribution in [2.45, 2.75) is 245 Å². The number of ether oxygens (including phenoxy) is 3. The van der Waals surface area contributed by atoms with Crippen LogP contribution in [-0.4, -0.2) is 37.2 Å². The van der Waals surface area contributed by atoms with Crippen molar-refractivity contribution in [3.05, 3.63) is 72.9 Å². The van der Waals surface area contributed by atoms with Crippen molar-refractivity contribution in [1.82, 2.24) is 0 Å². The Morgan fingerprint density at radius 2 is 0.857 bits per heavy atom. The Kier molecular flexibility index (Phi) is 48.1. The second-order valence-corrected chi connectivity index (χ2v) is 16.9. The first-order chi connectivity index (χ1) is 31.0. The summed E-state index contributed by atoms with van der Waals surface area (Å²) in [4.78, 5) is 38.0. The van der Waals surface area contributed by atoms with E-state index in [-0.39, 0.29) is 37.5 Å². The van der Waals surface area contributed by atoms with Gasteiger partial charge in [-0.1, -0.05) is 196 Å². The van der Waals surface area contributed by atoms with Gasteiger partial charge in [0.05, 0.1) is 0 Å². The van der Waals surface area contributed by atoms with Crippen LogP contribution in [0.4, 0.5) is 0 Å². The monoisotopic (exact) mass is 875 g/mol. The number of carbonyl (C=O) groups is 3. The molecule has 0 aliphatic heterocycles. The van der Waals surface area contributed by atoms with Crippen LogP contribution in [0.1, 0.15) is 239 Å². The van der Waals surface area contributed by atoms with Crippen LogP contribution in [0.2, 0.25) is 0 Å². The molecule has 0 bridgehead atoms.